The molecule has 3 N–H and O–H groups in total. The van der Waals surface area contributed by atoms with Crippen molar-refractivity contribution in [1.82, 2.24) is 14.8 Å². The Morgan fingerprint density at radius 2 is 1.94 bits per heavy atom. The van der Waals surface area contributed by atoms with Gasteiger partial charge in [-0.1, -0.05) is 6.58 Å². The normalized spacial score (nSPS) is 23.2. The molecule has 1 aromatic rings. The predicted octanol–water partition coefficient (Wildman–Crippen LogP) is 1.42. The third-order valence-corrected chi connectivity index (χ3v) is 7.43. The Labute approximate surface area is 189 Å². The monoisotopic (exact) mass is 439 g/mol. The van der Waals surface area contributed by atoms with Crippen molar-refractivity contribution in [3.8, 4) is 0 Å². The van der Waals surface area contributed by atoms with Gasteiger partial charge in [-0.15, -0.1) is 0 Å². The fourth-order valence-electron chi connectivity index (χ4n) is 5.36. The second kappa shape index (κ2) is 8.39. The molecule has 1 atom stereocenters. The van der Waals surface area contributed by atoms with Crippen LogP contribution in [0.15, 0.2) is 12.7 Å². The lowest BCUT2D eigenvalue weighted by molar-refractivity contribution is -0.135. The van der Waals surface area contributed by atoms with Gasteiger partial charge in [0, 0.05) is 45.1 Å². The lowest BCUT2D eigenvalue weighted by Gasteiger charge is -2.43. The standard InChI is InChI=1S/C24H33N5O3/c1-2-20(31)27-9-7-17-18(13-27)23(16-5-6-16)26-24(22(17)25)28-10-11-29(21(32)8-12-30)19(14-28)15-3-4-15/h2,15-16,19,30H,1,3-14,25H2/t19-/m0/s1. The van der Waals surface area contributed by atoms with E-state index in [1.807, 2.05) is 9.80 Å². The van der Waals surface area contributed by atoms with Gasteiger partial charge < -0.3 is 25.5 Å². The summed E-state index contributed by atoms with van der Waals surface area (Å²) in [5.74, 6) is 1.83. The number of carbonyl (C=O) groups excluding carboxylic acids is 2. The summed E-state index contributed by atoms with van der Waals surface area (Å²) in [7, 11) is 0. The molecule has 8 nitrogen and oxygen atoms in total. The number of nitrogen functional groups attached to an aromatic ring is 1. The third kappa shape index (κ3) is 3.85. The van der Waals surface area contributed by atoms with Crippen LogP contribution < -0.4 is 10.6 Å². The van der Waals surface area contributed by atoms with Crippen LogP contribution in [0.2, 0.25) is 0 Å². The van der Waals surface area contributed by atoms with Crippen molar-refractivity contribution < 1.29 is 14.7 Å². The van der Waals surface area contributed by atoms with E-state index in [0.717, 1.165) is 67.0 Å². The molecule has 1 saturated heterocycles. The molecular formula is C24H33N5O3. The SMILES string of the molecule is C=CC(=O)N1CCc2c(N)c(N3CCN(C(=O)CCO)[C@H](C4CC4)C3)nc(C3CC3)c2C1. The Bertz CT molecular complexity index is 940. The highest BCUT2D eigenvalue weighted by Crippen LogP contribution is 2.46. The molecule has 3 heterocycles. The fraction of sp³-hybridized carbons (Fsp3) is 0.625. The van der Waals surface area contributed by atoms with E-state index in [-0.39, 0.29) is 30.9 Å². The number of fused-ring (bicyclic) bond motifs is 1. The number of carbonyl (C=O) groups is 2. The Morgan fingerprint density at radius 1 is 1.16 bits per heavy atom. The van der Waals surface area contributed by atoms with E-state index in [9.17, 15) is 14.7 Å². The molecule has 4 aliphatic rings. The molecule has 3 fully saturated rings. The van der Waals surface area contributed by atoms with Crippen LogP contribution >= 0.6 is 0 Å². The average Bonchev–Trinajstić information content (AvgIpc) is 3.71. The van der Waals surface area contributed by atoms with Gasteiger partial charge in [-0.25, -0.2) is 4.98 Å². The Balaban J connectivity index is 1.44. The first-order valence-electron chi connectivity index (χ1n) is 11.9. The lowest BCUT2D eigenvalue weighted by Crippen LogP contribution is -2.56. The van der Waals surface area contributed by atoms with Gasteiger partial charge in [0.25, 0.3) is 0 Å². The first-order valence-corrected chi connectivity index (χ1v) is 11.9. The van der Waals surface area contributed by atoms with Gasteiger partial charge in [0.15, 0.2) is 5.82 Å². The van der Waals surface area contributed by atoms with Gasteiger partial charge in [0.1, 0.15) is 0 Å². The van der Waals surface area contributed by atoms with Gasteiger partial charge in [0.05, 0.1) is 24.0 Å². The zero-order chi connectivity index (χ0) is 22.4. The number of aliphatic hydroxyl groups is 1. The molecule has 0 bridgehead atoms. The maximum absolute atomic E-state index is 12.6. The second-order valence-electron chi connectivity index (χ2n) is 9.59. The van der Waals surface area contributed by atoms with Crippen molar-refractivity contribution >= 4 is 23.3 Å². The molecule has 2 amide bonds. The number of rotatable bonds is 6. The molecule has 2 saturated carbocycles. The molecular weight excluding hydrogens is 406 g/mol. The summed E-state index contributed by atoms with van der Waals surface area (Å²) in [4.78, 5) is 36.0. The first kappa shape index (κ1) is 21.2. The maximum Gasteiger partial charge on any atom is 0.246 e. The number of pyridine rings is 1. The number of nitrogens with zero attached hydrogens (tertiary/aromatic N) is 4. The van der Waals surface area contributed by atoms with Crippen molar-refractivity contribution in [2.24, 2.45) is 5.92 Å². The van der Waals surface area contributed by atoms with E-state index in [1.165, 1.54) is 6.08 Å². The Morgan fingerprint density at radius 3 is 2.59 bits per heavy atom. The molecule has 5 rings (SSSR count). The van der Waals surface area contributed by atoms with E-state index in [4.69, 9.17) is 10.7 Å². The van der Waals surface area contributed by atoms with Crippen LogP contribution in [0.3, 0.4) is 0 Å². The zero-order valence-electron chi connectivity index (χ0n) is 18.6. The van der Waals surface area contributed by atoms with Crippen LogP contribution in [-0.2, 0) is 22.6 Å². The summed E-state index contributed by atoms with van der Waals surface area (Å²) in [6.45, 7) is 6.79. The molecule has 0 spiro atoms. The molecule has 0 unspecified atom stereocenters. The topological polar surface area (TPSA) is 103 Å². The van der Waals surface area contributed by atoms with Gasteiger partial charge in [-0.05, 0) is 55.2 Å². The fourth-order valence-corrected chi connectivity index (χ4v) is 5.36. The quantitative estimate of drug-likeness (QED) is 0.650. The predicted molar refractivity (Wildman–Crippen MR) is 122 cm³/mol. The van der Waals surface area contributed by atoms with E-state index in [2.05, 4.69) is 11.5 Å². The molecule has 0 radical (unpaired) electrons. The summed E-state index contributed by atoms with van der Waals surface area (Å²) in [6, 6.07) is 0.158. The van der Waals surface area contributed by atoms with Crippen molar-refractivity contribution in [3.05, 3.63) is 29.5 Å². The van der Waals surface area contributed by atoms with Crippen LogP contribution in [0.25, 0.3) is 0 Å². The van der Waals surface area contributed by atoms with Crippen LogP contribution in [0.1, 0.15) is 54.8 Å². The van der Waals surface area contributed by atoms with E-state index >= 15 is 0 Å². The van der Waals surface area contributed by atoms with E-state index in [0.29, 0.717) is 38.0 Å². The highest BCUT2D eigenvalue weighted by molar-refractivity contribution is 5.87. The number of amides is 2. The van der Waals surface area contributed by atoms with Crippen LogP contribution in [0.4, 0.5) is 11.5 Å². The summed E-state index contributed by atoms with van der Waals surface area (Å²) < 4.78 is 0. The van der Waals surface area contributed by atoms with Crippen LogP contribution in [-0.4, -0.2) is 70.5 Å². The summed E-state index contributed by atoms with van der Waals surface area (Å²) >= 11 is 0. The number of anilines is 2. The minimum atomic E-state index is -0.105. The number of nitrogens with two attached hydrogens (primary N) is 1. The highest BCUT2D eigenvalue weighted by Gasteiger charge is 2.42. The first-order chi connectivity index (χ1) is 15.5. The van der Waals surface area contributed by atoms with Crippen molar-refractivity contribution in [2.75, 3.05) is 43.4 Å². The van der Waals surface area contributed by atoms with Crippen molar-refractivity contribution in [1.29, 1.82) is 0 Å². The molecule has 172 valence electrons. The Kier molecular flexibility index (Phi) is 5.57. The lowest BCUT2D eigenvalue weighted by atomic mass is 9.94. The van der Waals surface area contributed by atoms with Gasteiger partial charge in [-0.3, -0.25) is 9.59 Å². The molecule has 2 aliphatic heterocycles. The summed E-state index contributed by atoms with van der Waals surface area (Å²) in [5.41, 5.74) is 10.8. The van der Waals surface area contributed by atoms with Crippen LogP contribution in [0, 0.1) is 5.92 Å². The molecule has 8 heteroatoms. The van der Waals surface area contributed by atoms with Gasteiger partial charge in [0.2, 0.25) is 11.8 Å². The molecule has 32 heavy (non-hydrogen) atoms. The van der Waals surface area contributed by atoms with Gasteiger partial charge in [-0.2, -0.15) is 0 Å². The number of aromatic nitrogens is 1. The number of piperazine rings is 1. The van der Waals surface area contributed by atoms with Gasteiger partial charge >= 0.3 is 0 Å². The number of aliphatic hydroxyl groups excluding tert-OH is 1. The zero-order valence-corrected chi connectivity index (χ0v) is 18.6. The highest BCUT2D eigenvalue weighted by atomic mass is 16.3. The maximum atomic E-state index is 12.6. The summed E-state index contributed by atoms with van der Waals surface area (Å²) in [5, 5.41) is 9.23. The third-order valence-electron chi connectivity index (χ3n) is 7.43. The molecule has 0 aromatic carbocycles. The molecule has 1 aromatic heterocycles. The van der Waals surface area contributed by atoms with Crippen molar-refractivity contribution in [2.45, 2.75) is 57.0 Å². The van der Waals surface area contributed by atoms with E-state index < -0.39 is 0 Å². The number of hydrogen-bond acceptors (Lipinski definition) is 6. The largest absolute Gasteiger partial charge is 0.396 e. The molecule has 2 aliphatic carbocycles. The minimum Gasteiger partial charge on any atom is -0.396 e. The Hall–Kier alpha value is -2.61. The summed E-state index contributed by atoms with van der Waals surface area (Å²) in [6.07, 6.45) is 6.86. The van der Waals surface area contributed by atoms with Crippen molar-refractivity contribution in [3.63, 3.8) is 0 Å². The smallest absolute Gasteiger partial charge is 0.246 e. The average molecular weight is 440 g/mol. The number of hydrogen-bond donors (Lipinski definition) is 2. The second-order valence-corrected chi connectivity index (χ2v) is 9.59. The van der Waals surface area contributed by atoms with Crippen LogP contribution in [0.5, 0.6) is 0 Å². The minimum absolute atomic E-state index is 0.0427. The van der Waals surface area contributed by atoms with E-state index in [1.54, 1.807) is 0 Å².